The van der Waals surface area contributed by atoms with Crippen molar-refractivity contribution in [2.24, 2.45) is 0 Å². The number of nitrogens with zero attached hydrogens (tertiary/aromatic N) is 2. The third-order valence-corrected chi connectivity index (χ3v) is 7.59. The molecule has 2 N–H and O–H groups in total. The Balaban J connectivity index is 1.60. The van der Waals surface area contributed by atoms with Crippen molar-refractivity contribution in [1.82, 2.24) is 15.5 Å². The third kappa shape index (κ3) is 8.46. The first kappa shape index (κ1) is 29.4. The number of likely N-dealkylation sites (N-methyl/N-ethyl adjacent to an activating group) is 1. The van der Waals surface area contributed by atoms with Crippen molar-refractivity contribution in [3.8, 4) is 0 Å². The average Bonchev–Trinajstić information content (AvgIpc) is 2.86. The van der Waals surface area contributed by atoms with Crippen molar-refractivity contribution in [3.63, 3.8) is 0 Å². The molecule has 0 spiro atoms. The number of sulfonamides is 1. The molecule has 2 amide bonds. The molecular weight excluding hydrogens is 547 g/mol. The van der Waals surface area contributed by atoms with Gasteiger partial charge >= 0.3 is 0 Å². The van der Waals surface area contributed by atoms with Crippen LogP contribution in [0, 0.1) is 0 Å². The minimum absolute atomic E-state index is 0.000895. The van der Waals surface area contributed by atoms with Crippen LogP contribution in [0.5, 0.6) is 0 Å². The SMILES string of the molecule is CN(C)CC(=O)NCc1ccc(CNC(=O)c2ccc(N(Cc3cccc(Cl)c3Cl)S(C)(=O)=O)cc2)cc1. The predicted molar refractivity (Wildman–Crippen MR) is 152 cm³/mol. The Hall–Kier alpha value is -3.11. The zero-order valence-electron chi connectivity index (χ0n) is 21.4. The molecule has 0 fully saturated rings. The molecule has 0 atom stereocenters. The molecule has 3 aromatic rings. The lowest BCUT2D eigenvalue weighted by Gasteiger charge is -2.23. The lowest BCUT2D eigenvalue weighted by Crippen LogP contribution is -2.32. The summed E-state index contributed by atoms with van der Waals surface area (Å²) in [7, 11) is 0.0300. The summed E-state index contributed by atoms with van der Waals surface area (Å²) < 4.78 is 26.2. The van der Waals surface area contributed by atoms with E-state index < -0.39 is 10.0 Å². The number of hydrogen-bond acceptors (Lipinski definition) is 5. The lowest BCUT2D eigenvalue weighted by molar-refractivity contribution is -0.121. The monoisotopic (exact) mass is 576 g/mol. The van der Waals surface area contributed by atoms with Gasteiger partial charge in [-0.05, 0) is 61.1 Å². The number of rotatable bonds is 11. The van der Waals surface area contributed by atoms with Gasteiger partial charge in [-0.3, -0.25) is 13.9 Å². The fourth-order valence-electron chi connectivity index (χ4n) is 3.61. The Morgan fingerprint density at radius 2 is 1.42 bits per heavy atom. The Morgan fingerprint density at radius 1 is 0.842 bits per heavy atom. The van der Waals surface area contributed by atoms with E-state index in [1.807, 2.05) is 38.4 Å². The van der Waals surface area contributed by atoms with E-state index in [9.17, 15) is 18.0 Å². The highest BCUT2D eigenvalue weighted by atomic mass is 35.5. The van der Waals surface area contributed by atoms with Crippen LogP contribution in [0.15, 0.2) is 66.7 Å². The molecule has 0 bridgehead atoms. The van der Waals surface area contributed by atoms with Crippen LogP contribution in [-0.4, -0.2) is 52.0 Å². The number of halogens is 2. The maximum absolute atomic E-state index is 12.7. The Morgan fingerprint density at radius 3 is 1.97 bits per heavy atom. The zero-order valence-corrected chi connectivity index (χ0v) is 23.7. The highest BCUT2D eigenvalue weighted by molar-refractivity contribution is 7.92. The molecule has 3 aromatic carbocycles. The van der Waals surface area contributed by atoms with Crippen LogP contribution in [0.25, 0.3) is 0 Å². The summed E-state index contributed by atoms with van der Waals surface area (Å²) in [4.78, 5) is 26.3. The maximum atomic E-state index is 12.7. The van der Waals surface area contributed by atoms with Crippen molar-refractivity contribution < 1.29 is 18.0 Å². The van der Waals surface area contributed by atoms with Crippen LogP contribution >= 0.6 is 23.2 Å². The largest absolute Gasteiger partial charge is 0.351 e. The lowest BCUT2D eigenvalue weighted by atomic mass is 10.1. The molecule has 0 aliphatic carbocycles. The Labute approximate surface area is 233 Å². The number of amides is 2. The second kappa shape index (κ2) is 13.1. The maximum Gasteiger partial charge on any atom is 0.251 e. The normalized spacial score (nSPS) is 11.3. The quantitative estimate of drug-likeness (QED) is 0.358. The first-order chi connectivity index (χ1) is 17.9. The van der Waals surface area contributed by atoms with Crippen LogP contribution in [0.3, 0.4) is 0 Å². The summed E-state index contributed by atoms with van der Waals surface area (Å²) >= 11 is 12.3. The molecule has 0 saturated heterocycles. The molecule has 38 heavy (non-hydrogen) atoms. The molecule has 0 aliphatic heterocycles. The highest BCUT2D eigenvalue weighted by Gasteiger charge is 2.20. The fraction of sp³-hybridized carbons (Fsp3) is 0.259. The van der Waals surface area contributed by atoms with E-state index >= 15 is 0 Å². The predicted octanol–water partition coefficient (Wildman–Crippen LogP) is 4.07. The molecule has 0 unspecified atom stereocenters. The highest BCUT2D eigenvalue weighted by Crippen LogP contribution is 2.29. The summed E-state index contributed by atoms with van der Waals surface area (Å²) in [6.07, 6.45) is 1.11. The van der Waals surface area contributed by atoms with E-state index in [4.69, 9.17) is 23.2 Å². The van der Waals surface area contributed by atoms with E-state index in [1.165, 1.54) is 4.31 Å². The molecular formula is C27H30Cl2N4O4S. The number of anilines is 1. The third-order valence-electron chi connectivity index (χ3n) is 5.59. The molecule has 3 rings (SSSR count). The van der Waals surface area contributed by atoms with Crippen LogP contribution in [0.4, 0.5) is 5.69 Å². The minimum atomic E-state index is -3.64. The van der Waals surface area contributed by atoms with Crippen molar-refractivity contribution in [2.45, 2.75) is 19.6 Å². The number of carbonyl (C=O) groups is 2. The van der Waals surface area contributed by atoms with Gasteiger partial charge in [0.15, 0.2) is 0 Å². The summed E-state index contributed by atoms with van der Waals surface area (Å²) in [6.45, 7) is 1.07. The van der Waals surface area contributed by atoms with Crippen LogP contribution in [0.2, 0.25) is 10.0 Å². The fourth-order valence-corrected chi connectivity index (χ4v) is 4.87. The summed E-state index contributed by atoms with van der Waals surface area (Å²) in [5.74, 6) is -0.342. The van der Waals surface area contributed by atoms with Gasteiger partial charge < -0.3 is 15.5 Å². The zero-order chi connectivity index (χ0) is 27.9. The molecule has 8 nitrogen and oxygen atoms in total. The topological polar surface area (TPSA) is 98.8 Å². The van der Waals surface area contributed by atoms with Gasteiger partial charge in [-0.1, -0.05) is 59.6 Å². The van der Waals surface area contributed by atoms with Gasteiger partial charge in [-0.15, -0.1) is 0 Å². The number of carbonyl (C=O) groups excluding carboxylic acids is 2. The molecule has 0 heterocycles. The standard InChI is InChI=1S/C27H30Cl2N4O4S/c1-32(2)18-25(34)30-15-19-7-9-20(10-8-19)16-31-27(35)21-11-13-23(14-12-21)33(38(3,36)37)17-22-5-4-6-24(28)26(22)29/h4-14H,15-18H2,1-3H3,(H,30,34)(H,31,35). The molecule has 0 radical (unpaired) electrons. The van der Waals surface area contributed by atoms with Crippen molar-refractivity contribution in [2.75, 3.05) is 31.2 Å². The number of benzene rings is 3. The van der Waals surface area contributed by atoms with E-state index in [-0.39, 0.29) is 18.4 Å². The van der Waals surface area contributed by atoms with E-state index in [0.29, 0.717) is 46.5 Å². The summed E-state index contributed by atoms with van der Waals surface area (Å²) in [5.41, 5.74) is 3.21. The first-order valence-electron chi connectivity index (χ1n) is 11.7. The van der Waals surface area contributed by atoms with Crippen molar-refractivity contribution in [1.29, 1.82) is 0 Å². The molecule has 0 saturated carbocycles. The molecule has 0 aromatic heterocycles. The second-order valence-electron chi connectivity index (χ2n) is 9.04. The van der Waals surface area contributed by atoms with E-state index in [2.05, 4.69) is 10.6 Å². The Bertz CT molecular complexity index is 1380. The smallest absolute Gasteiger partial charge is 0.251 e. The van der Waals surface area contributed by atoms with Gasteiger partial charge in [-0.2, -0.15) is 0 Å². The van der Waals surface area contributed by atoms with Crippen LogP contribution in [-0.2, 0) is 34.5 Å². The summed E-state index contributed by atoms with van der Waals surface area (Å²) in [5, 5.41) is 6.35. The van der Waals surface area contributed by atoms with E-state index in [0.717, 1.165) is 17.4 Å². The first-order valence-corrected chi connectivity index (χ1v) is 14.3. The van der Waals surface area contributed by atoms with Crippen molar-refractivity contribution >= 4 is 50.7 Å². The van der Waals surface area contributed by atoms with Gasteiger partial charge in [0.25, 0.3) is 5.91 Å². The molecule has 0 aliphatic rings. The number of hydrogen-bond donors (Lipinski definition) is 2. The van der Waals surface area contributed by atoms with Crippen molar-refractivity contribution in [3.05, 3.63) is 99.0 Å². The second-order valence-corrected chi connectivity index (χ2v) is 11.7. The number of nitrogens with one attached hydrogen (secondary N) is 2. The van der Waals surface area contributed by atoms with Gasteiger partial charge in [0.05, 0.1) is 35.1 Å². The van der Waals surface area contributed by atoms with Gasteiger partial charge in [-0.25, -0.2) is 8.42 Å². The Kier molecular flexibility index (Phi) is 10.2. The average molecular weight is 578 g/mol. The van der Waals surface area contributed by atoms with Crippen LogP contribution in [0.1, 0.15) is 27.0 Å². The van der Waals surface area contributed by atoms with Crippen LogP contribution < -0.4 is 14.9 Å². The summed E-state index contributed by atoms with van der Waals surface area (Å²) in [6, 6.07) is 18.9. The minimum Gasteiger partial charge on any atom is -0.351 e. The van der Waals surface area contributed by atoms with Gasteiger partial charge in [0.2, 0.25) is 15.9 Å². The van der Waals surface area contributed by atoms with Gasteiger partial charge in [0.1, 0.15) is 0 Å². The van der Waals surface area contributed by atoms with Gasteiger partial charge in [0, 0.05) is 18.7 Å². The molecule has 11 heteroatoms. The molecule has 202 valence electrons. The van der Waals surface area contributed by atoms with E-state index in [1.54, 1.807) is 47.4 Å².